The molecule has 1 fully saturated rings. The lowest BCUT2D eigenvalue weighted by Crippen LogP contribution is -2.39. The van der Waals surface area contributed by atoms with Gasteiger partial charge in [0.25, 0.3) is 5.91 Å². The smallest absolute Gasteiger partial charge is 0.261 e. The molecule has 1 unspecified atom stereocenters. The number of nitrogens with zero attached hydrogens (tertiary/aromatic N) is 1. The van der Waals surface area contributed by atoms with Crippen molar-refractivity contribution in [3.8, 4) is 11.5 Å². The predicted molar refractivity (Wildman–Crippen MR) is 73.4 cm³/mol. The van der Waals surface area contributed by atoms with Crippen LogP contribution in [0, 0.1) is 0 Å². The van der Waals surface area contributed by atoms with E-state index >= 15 is 0 Å². The Morgan fingerprint density at radius 2 is 1.95 bits per heavy atom. The van der Waals surface area contributed by atoms with Crippen molar-refractivity contribution >= 4 is 5.91 Å². The summed E-state index contributed by atoms with van der Waals surface area (Å²) in [4.78, 5) is 14.4. The van der Waals surface area contributed by atoms with E-state index in [1.165, 1.54) is 18.2 Å². The van der Waals surface area contributed by atoms with Gasteiger partial charge in [-0.25, -0.2) is 0 Å². The molecule has 4 nitrogen and oxygen atoms in total. The SMILES string of the molecule is CCC1CCCCCN1C(=O)c1c(O)cccc1O. The highest BCUT2D eigenvalue weighted by Crippen LogP contribution is 2.30. The molecule has 1 heterocycles. The number of carbonyl (C=O) groups is 1. The van der Waals surface area contributed by atoms with Crippen molar-refractivity contribution in [2.24, 2.45) is 0 Å². The summed E-state index contributed by atoms with van der Waals surface area (Å²) in [6.45, 7) is 2.77. The van der Waals surface area contributed by atoms with E-state index in [0.29, 0.717) is 6.54 Å². The second kappa shape index (κ2) is 5.95. The number of phenolic OH excluding ortho intramolecular Hbond substituents is 2. The Labute approximate surface area is 113 Å². The summed E-state index contributed by atoms with van der Waals surface area (Å²) in [6.07, 6.45) is 5.15. The minimum atomic E-state index is -0.260. The third kappa shape index (κ3) is 2.83. The van der Waals surface area contributed by atoms with Gasteiger partial charge in [0.05, 0.1) is 0 Å². The summed E-state index contributed by atoms with van der Waals surface area (Å²) in [7, 11) is 0. The van der Waals surface area contributed by atoms with Gasteiger partial charge in [-0.2, -0.15) is 0 Å². The van der Waals surface area contributed by atoms with Crippen LogP contribution >= 0.6 is 0 Å². The zero-order valence-electron chi connectivity index (χ0n) is 11.3. The lowest BCUT2D eigenvalue weighted by atomic mass is 10.1. The first-order valence-electron chi connectivity index (χ1n) is 6.97. The summed E-state index contributed by atoms with van der Waals surface area (Å²) >= 11 is 0. The summed E-state index contributed by atoms with van der Waals surface area (Å²) < 4.78 is 0. The second-order valence-corrected chi connectivity index (χ2v) is 5.08. The maximum absolute atomic E-state index is 12.6. The molecule has 0 bridgehead atoms. The van der Waals surface area contributed by atoms with Crippen LogP contribution < -0.4 is 0 Å². The predicted octanol–water partition coefficient (Wildman–Crippen LogP) is 2.89. The van der Waals surface area contributed by atoms with Gasteiger partial charge in [0.15, 0.2) is 0 Å². The van der Waals surface area contributed by atoms with Crippen LogP contribution in [0.3, 0.4) is 0 Å². The van der Waals surface area contributed by atoms with E-state index < -0.39 is 0 Å². The van der Waals surface area contributed by atoms with E-state index in [1.54, 1.807) is 0 Å². The minimum Gasteiger partial charge on any atom is -0.507 e. The van der Waals surface area contributed by atoms with Crippen LogP contribution in [0.5, 0.6) is 11.5 Å². The molecule has 1 atom stereocenters. The van der Waals surface area contributed by atoms with E-state index in [9.17, 15) is 15.0 Å². The first kappa shape index (κ1) is 13.7. The van der Waals surface area contributed by atoms with Crippen molar-refractivity contribution in [3.05, 3.63) is 23.8 Å². The molecule has 1 aliphatic rings. The molecule has 1 saturated heterocycles. The lowest BCUT2D eigenvalue weighted by molar-refractivity contribution is 0.0672. The molecule has 1 aromatic rings. The van der Waals surface area contributed by atoms with Crippen LogP contribution in [0.4, 0.5) is 0 Å². The highest BCUT2D eigenvalue weighted by atomic mass is 16.3. The maximum Gasteiger partial charge on any atom is 0.261 e. The minimum absolute atomic E-state index is 0.0304. The fraction of sp³-hybridized carbons (Fsp3) is 0.533. The van der Waals surface area contributed by atoms with Crippen molar-refractivity contribution in [2.45, 2.75) is 45.1 Å². The first-order chi connectivity index (χ1) is 9.15. The van der Waals surface area contributed by atoms with Crippen molar-refractivity contribution in [3.63, 3.8) is 0 Å². The molecule has 0 radical (unpaired) electrons. The number of hydrogen-bond acceptors (Lipinski definition) is 3. The van der Waals surface area contributed by atoms with E-state index in [0.717, 1.165) is 32.1 Å². The summed E-state index contributed by atoms with van der Waals surface area (Å²) in [6, 6.07) is 4.60. The Bertz CT molecular complexity index is 438. The molecule has 0 aromatic heterocycles. The van der Waals surface area contributed by atoms with Crippen LogP contribution in [0.2, 0.25) is 0 Å². The number of rotatable bonds is 2. The van der Waals surface area contributed by atoms with Gasteiger partial charge in [-0.1, -0.05) is 25.8 Å². The summed E-state index contributed by atoms with van der Waals surface area (Å²) in [5.41, 5.74) is 0.0304. The average molecular weight is 263 g/mol. The van der Waals surface area contributed by atoms with Gasteiger partial charge in [0.2, 0.25) is 0 Å². The van der Waals surface area contributed by atoms with E-state index in [1.807, 2.05) is 4.90 Å². The highest BCUT2D eigenvalue weighted by molar-refractivity contribution is 5.99. The van der Waals surface area contributed by atoms with Gasteiger partial charge in [-0.05, 0) is 31.4 Å². The molecular weight excluding hydrogens is 242 g/mol. The molecule has 0 spiro atoms. The van der Waals surface area contributed by atoms with E-state index in [4.69, 9.17) is 0 Å². The van der Waals surface area contributed by atoms with Gasteiger partial charge < -0.3 is 15.1 Å². The monoisotopic (exact) mass is 263 g/mol. The number of phenols is 2. The van der Waals surface area contributed by atoms with E-state index in [-0.39, 0.29) is 29.0 Å². The van der Waals surface area contributed by atoms with Gasteiger partial charge in [0.1, 0.15) is 17.1 Å². The Morgan fingerprint density at radius 1 is 1.26 bits per heavy atom. The average Bonchev–Trinajstić information content (AvgIpc) is 2.63. The lowest BCUT2D eigenvalue weighted by Gasteiger charge is -2.29. The molecule has 1 amide bonds. The highest BCUT2D eigenvalue weighted by Gasteiger charge is 2.28. The Hall–Kier alpha value is -1.71. The number of likely N-dealkylation sites (tertiary alicyclic amines) is 1. The maximum atomic E-state index is 12.6. The molecule has 1 aromatic carbocycles. The van der Waals surface area contributed by atoms with Crippen LogP contribution in [-0.4, -0.2) is 33.6 Å². The number of amides is 1. The topological polar surface area (TPSA) is 60.8 Å². The zero-order chi connectivity index (χ0) is 13.8. The van der Waals surface area contributed by atoms with E-state index in [2.05, 4.69) is 6.92 Å². The largest absolute Gasteiger partial charge is 0.507 e. The standard InChI is InChI=1S/C15H21NO3/c1-2-11-7-4-3-5-10-16(11)15(19)14-12(17)8-6-9-13(14)18/h6,8-9,11,17-18H,2-5,7,10H2,1H3. The fourth-order valence-electron chi connectivity index (χ4n) is 2.76. The van der Waals surface area contributed by atoms with Gasteiger partial charge in [-0.15, -0.1) is 0 Å². The van der Waals surface area contributed by atoms with Crippen molar-refractivity contribution in [1.29, 1.82) is 0 Å². The number of benzene rings is 1. The zero-order valence-corrected chi connectivity index (χ0v) is 11.3. The summed E-state index contributed by atoms with van der Waals surface area (Å²) in [5.74, 6) is -0.558. The second-order valence-electron chi connectivity index (χ2n) is 5.08. The van der Waals surface area contributed by atoms with Crippen LogP contribution in [0.1, 0.15) is 49.4 Å². The number of hydrogen-bond donors (Lipinski definition) is 2. The molecule has 19 heavy (non-hydrogen) atoms. The number of carbonyl (C=O) groups excluding carboxylic acids is 1. The molecule has 4 heteroatoms. The quantitative estimate of drug-likeness (QED) is 0.862. The van der Waals surface area contributed by atoms with Crippen LogP contribution in [0.15, 0.2) is 18.2 Å². The molecule has 2 rings (SSSR count). The molecule has 0 saturated carbocycles. The Morgan fingerprint density at radius 3 is 2.58 bits per heavy atom. The first-order valence-corrected chi connectivity index (χ1v) is 6.97. The molecule has 104 valence electrons. The van der Waals surface area contributed by atoms with Gasteiger partial charge >= 0.3 is 0 Å². The number of aromatic hydroxyl groups is 2. The third-order valence-electron chi connectivity index (χ3n) is 3.84. The van der Waals surface area contributed by atoms with Crippen molar-refractivity contribution in [2.75, 3.05) is 6.54 Å². The Balaban J connectivity index is 2.30. The van der Waals surface area contributed by atoms with Crippen molar-refractivity contribution in [1.82, 2.24) is 4.90 Å². The van der Waals surface area contributed by atoms with Gasteiger partial charge in [-0.3, -0.25) is 4.79 Å². The molecule has 0 aliphatic carbocycles. The molecular formula is C15H21NO3. The molecule has 2 N–H and O–H groups in total. The fourth-order valence-corrected chi connectivity index (χ4v) is 2.76. The molecule has 1 aliphatic heterocycles. The van der Waals surface area contributed by atoms with Crippen molar-refractivity contribution < 1.29 is 15.0 Å². The van der Waals surface area contributed by atoms with Crippen LogP contribution in [0.25, 0.3) is 0 Å². The normalized spacial score (nSPS) is 20.1. The third-order valence-corrected chi connectivity index (χ3v) is 3.84. The van der Waals surface area contributed by atoms with Gasteiger partial charge in [0, 0.05) is 12.6 Å². The summed E-state index contributed by atoms with van der Waals surface area (Å²) in [5, 5.41) is 19.6. The Kier molecular flexibility index (Phi) is 4.30. The van der Waals surface area contributed by atoms with Crippen LogP contribution in [-0.2, 0) is 0 Å².